The molecule has 8 heteroatoms. The van der Waals surface area contributed by atoms with Crippen molar-refractivity contribution in [1.29, 1.82) is 0 Å². The lowest BCUT2D eigenvalue weighted by molar-refractivity contribution is -0.137. The Hall–Kier alpha value is -3.96. The van der Waals surface area contributed by atoms with Crippen molar-refractivity contribution in [2.75, 3.05) is 20.1 Å². The van der Waals surface area contributed by atoms with E-state index in [2.05, 4.69) is 47.9 Å². The molecule has 2 aliphatic carbocycles. The standard InChI is InChI=1S/C36H35F3N2O3/c1-22-20-30(42)33-32-26(22)21-29-27-13-14-28(40(2)31(43)15-10-24-8-11-25(12-9-24)36(37,38)39)34(44-33)35(27,32)17-19-41(29)18-16-23-6-4-3-5-7-23/h3-9,11-12,20,27-29,34,42H,13-14,16-19,21H2,1-2H3/t27-,28+,29+,34-,35-/m0/s1. The van der Waals surface area contributed by atoms with Crippen molar-refractivity contribution in [1.82, 2.24) is 9.80 Å². The van der Waals surface area contributed by atoms with E-state index in [0.29, 0.717) is 23.3 Å². The SMILES string of the molecule is Cc1cc(O)c2c3c1C[C@@H]1[C@@H]4CC[C@@H](N(C)C(=O)C#Cc5ccc(C(F)(F)F)cc5)[C@H](O2)[C@]34CCN1CCc1ccccc1. The van der Waals surface area contributed by atoms with E-state index < -0.39 is 17.6 Å². The Bertz CT molecular complexity index is 1660. The van der Waals surface area contributed by atoms with Gasteiger partial charge in [-0.15, -0.1) is 0 Å². The maximum absolute atomic E-state index is 13.4. The zero-order valence-electron chi connectivity index (χ0n) is 24.8. The van der Waals surface area contributed by atoms with Gasteiger partial charge in [0.15, 0.2) is 11.5 Å². The summed E-state index contributed by atoms with van der Waals surface area (Å²) in [5.74, 6) is 6.05. The first-order chi connectivity index (χ1) is 21.1. The van der Waals surface area contributed by atoms with E-state index in [-0.39, 0.29) is 23.3 Å². The number of hydrogen-bond acceptors (Lipinski definition) is 4. The van der Waals surface area contributed by atoms with E-state index in [1.807, 2.05) is 12.1 Å². The number of alkyl halides is 3. The van der Waals surface area contributed by atoms with Crippen LogP contribution in [0, 0.1) is 24.7 Å². The van der Waals surface area contributed by atoms with Gasteiger partial charge in [-0.2, -0.15) is 13.2 Å². The zero-order chi connectivity index (χ0) is 30.8. The Morgan fingerprint density at radius 1 is 1.14 bits per heavy atom. The summed E-state index contributed by atoms with van der Waals surface area (Å²) < 4.78 is 45.5. The molecule has 44 heavy (non-hydrogen) atoms. The van der Waals surface area contributed by atoms with E-state index in [9.17, 15) is 23.1 Å². The Labute approximate surface area is 255 Å². The first-order valence-electron chi connectivity index (χ1n) is 15.3. The molecular formula is C36H35F3N2O3. The number of likely N-dealkylation sites (tertiary alicyclic amines) is 1. The summed E-state index contributed by atoms with van der Waals surface area (Å²) in [6.45, 7) is 3.96. The smallest absolute Gasteiger partial charge is 0.416 e. The van der Waals surface area contributed by atoms with E-state index in [0.717, 1.165) is 68.5 Å². The molecule has 7 rings (SSSR count). The van der Waals surface area contributed by atoms with Crippen molar-refractivity contribution in [3.8, 4) is 23.3 Å². The van der Waals surface area contributed by atoms with Crippen LogP contribution < -0.4 is 4.74 Å². The fourth-order valence-electron chi connectivity index (χ4n) is 8.56. The molecule has 2 aliphatic heterocycles. The van der Waals surface area contributed by atoms with Crippen LogP contribution in [0.2, 0.25) is 0 Å². The van der Waals surface area contributed by atoms with Crippen molar-refractivity contribution in [2.24, 2.45) is 5.92 Å². The van der Waals surface area contributed by atoms with Gasteiger partial charge in [0.1, 0.15) is 6.10 Å². The largest absolute Gasteiger partial charge is 0.504 e. The van der Waals surface area contributed by atoms with Gasteiger partial charge in [-0.3, -0.25) is 9.69 Å². The molecule has 2 heterocycles. The minimum atomic E-state index is -4.43. The minimum Gasteiger partial charge on any atom is -0.504 e. The highest BCUT2D eigenvalue weighted by atomic mass is 19.4. The van der Waals surface area contributed by atoms with Crippen molar-refractivity contribution in [2.45, 2.75) is 68.8 Å². The normalized spacial score (nSPS) is 26.7. The number of piperidine rings is 1. The van der Waals surface area contributed by atoms with Crippen molar-refractivity contribution < 1.29 is 27.8 Å². The van der Waals surface area contributed by atoms with Gasteiger partial charge < -0.3 is 14.7 Å². The molecule has 3 aromatic rings. The first-order valence-corrected chi connectivity index (χ1v) is 15.3. The van der Waals surface area contributed by atoms with Gasteiger partial charge in [0, 0.05) is 42.1 Å². The number of aryl methyl sites for hydroxylation is 1. The second-order valence-electron chi connectivity index (χ2n) is 12.8. The number of nitrogens with zero attached hydrogens (tertiary/aromatic N) is 2. The first kappa shape index (κ1) is 28.8. The summed E-state index contributed by atoms with van der Waals surface area (Å²) in [4.78, 5) is 17.7. The molecule has 5 nitrogen and oxygen atoms in total. The highest BCUT2D eigenvalue weighted by Gasteiger charge is 2.66. The summed E-state index contributed by atoms with van der Waals surface area (Å²) in [6.07, 6.45) is -0.287. The average Bonchev–Trinajstić information content (AvgIpc) is 3.35. The number of benzene rings is 3. The van der Waals surface area contributed by atoms with Crippen LogP contribution in [0.15, 0.2) is 60.7 Å². The Morgan fingerprint density at radius 2 is 1.89 bits per heavy atom. The van der Waals surface area contributed by atoms with Crippen LogP contribution in [0.25, 0.3) is 0 Å². The number of carbonyl (C=O) groups excluding carboxylic acids is 1. The van der Waals surface area contributed by atoms with Gasteiger partial charge in [0.2, 0.25) is 0 Å². The highest BCUT2D eigenvalue weighted by molar-refractivity contribution is 5.94. The van der Waals surface area contributed by atoms with Crippen LogP contribution in [0.5, 0.6) is 11.5 Å². The van der Waals surface area contributed by atoms with E-state index >= 15 is 0 Å². The molecule has 0 unspecified atom stereocenters. The Balaban J connectivity index is 1.17. The number of carbonyl (C=O) groups is 1. The molecule has 0 radical (unpaired) electrons. The Morgan fingerprint density at radius 3 is 2.61 bits per heavy atom. The molecule has 228 valence electrons. The van der Waals surface area contributed by atoms with Crippen LogP contribution in [0.1, 0.15) is 52.6 Å². The second kappa shape index (κ2) is 10.6. The number of hydrogen-bond donors (Lipinski definition) is 1. The number of phenols is 1. The topological polar surface area (TPSA) is 53.0 Å². The quantitative estimate of drug-likeness (QED) is 0.380. The fraction of sp³-hybridized carbons (Fsp3) is 0.417. The number of likely N-dealkylation sites (N-methyl/N-ethyl adjacent to an activating group) is 1. The Kier molecular flexibility index (Phi) is 6.93. The lowest BCUT2D eigenvalue weighted by Crippen LogP contribution is -2.69. The molecule has 2 fully saturated rings. The maximum atomic E-state index is 13.4. The van der Waals surface area contributed by atoms with Crippen molar-refractivity contribution in [3.05, 3.63) is 94.0 Å². The molecule has 1 saturated carbocycles. The van der Waals surface area contributed by atoms with Gasteiger partial charge in [-0.1, -0.05) is 36.3 Å². The summed E-state index contributed by atoms with van der Waals surface area (Å²) in [5, 5.41) is 11.1. The predicted octanol–water partition coefficient (Wildman–Crippen LogP) is 5.88. The summed E-state index contributed by atoms with van der Waals surface area (Å²) in [5.41, 5.74) is 4.10. The molecule has 3 aromatic carbocycles. The number of ether oxygens (including phenoxy) is 1. The number of amides is 1. The third-order valence-electron chi connectivity index (χ3n) is 10.6. The van der Waals surface area contributed by atoms with Gasteiger partial charge in [-0.25, -0.2) is 0 Å². The van der Waals surface area contributed by atoms with E-state index in [4.69, 9.17) is 4.74 Å². The van der Waals surface area contributed by atoms with Crippen LogP contribution in [0.4, 0.5) is 13.2 Å². The molecule has 1 amide bonds. The molecule has 0 aromatic heterocycles. The third-order valence-corrected chi connectivity index (χ3v) is 10.6. The zero-order valence-corrected chi connectivity index (χ0v) is 24.8. The van der Waals surface area contributed by atoms with Crippen LogP contribution in [-0.4, -0.2) is 59.1 Å². The van der Waals surface area contributed by atoms with E-state index in [1.165, 1.54) is 23.3 Å². The summed E-state index contributed by atoms with van der Waals surface area (Å²) in [7, 11) is 1.74. The molecular weight excluding hydrogens is 565 g/mol. The lowest BCUT2D eigenvalue weighted by atomic mass is 9.50. The van der Waals surface area contributed by atoms with Gasteiger partial charge in [0.25, 0.3) is 5.91 Å². The maximum Gasteiger partial charge on any atom is 0.416 e. The van der Waals surface area contributed by atoms with Gasteiger partial charge in [0.05, 0.1) is 11.6 Å². The molecule has 5 atom stereocenters. The monoisotopic (exact) mass is 600 g/mol. The molecule has 1 spiro atoms. The number of halogens is 3. The van der Waals surface area contributed by atoms with Crippen LogP contribution in [0.3, 0.4) is 0 Å². The minimum absolute atomic E-state index is 0.156. The van der Waals surface area contributed by atoms with Crippen molar-refractivity contribution in [3.63, 3.8) is 0 Å². The third kappa shape index (κ3) is 4.56. The lowest BCUT2D eigenvalue weighted by Gasteiger charge is -2.60. The molecule has 2 bridgehead atoms. The number of aromatic hydroxyl groups is 1. The predicted molar refractivity (Wildman–Crippen MR) is 160 cm³/mol. The van der Waals surface area contributed by atoms with Crippen LogP contribution >= 0.6 is 0 Å². The summed E-state index contributed by atoms with van der Waals surface area (Å²) in [6, 6.07) is 17.0. The molecule has 4 aliphatic rings. The van der Waals surface area contributed by atoms with E-state index in [1.54, 1.807) is 11.9 Å². The average molecular weight is 601 g/mol. The van der Waals surface area contributed by atoms with Crippen molar-refractivity contribution >= 4 is 5.91 Å². The number of rotatable bonds is 4. The summed E-state index contributed by atoms with van der Waals surface area (Å²) >= 11 is 0. The highest BCUT2D eigenvalue weighted by Crippen LogP contribution is 2.64. The fourth-order valence-corrected chi connectivity index (χ4v) is 8.56. The van der Waals surface area contributed by atoms with Crippen LogP contribution in [-0.2, 0) is 29.2 Å². The van der Waals surface area contributed by atoms with Gasteiger partial charge in [-0.05, 0) is 98.5 Å². The molecule has 1 N–H and O–H groups in total. The molecule has 1 saturated heterocycles. The second-order valence-corrected chi connectivity index (χ2v) is 12.8. The van der Waals surface area contributed by atoms with Gasteiger partial charge >= 0.3 is 6.18 Å². The number of phenolic OH excluding ortho intramolecular Hbond substituents is 1.